The predicted octanol–water partition coefficient (Wildman–Crippen LogP) is 2.24. The van der Waals surface area contributed by atoms with Gasteiger partial charge in [-0.3, -0.25) is 0 Å². The zero-order chi connectivity index (χ0) is 20.6. The minimum Gasteiger partial charge on any atom is -0.462 e. The number of esters is 3. The molecule has 8 nitrogen and oxygen atoms in total. The molecule has 1 aromatic rings. The van der Waals surface area contributed by atoms with Gasteiger partial charge in [-0.05, 0) is 39.0 Å². The van der Waals surface area contributed by atoms with E-state index < -0.39 is 23.3 Å². The monoisotopic (exact) mass is 450 g/mol. The number of halogens is 1. The second-order valence-electron chi connectivity index (χ2n) is 6.12. The summed E-state index contributed by atoms with van der Waals surface area (Å²) in [7, 11) is 0. The molecule has 0 aliphatic carbocycles. The summed E-state index contributed by atoms with van der Waals surface area (Å²) in [5.74, 6) is -2.47. The Hall–Kier alpha value is -2.81. The van der Waals surface area contributed by atoms with Crippen molar-refractivity contribution < 1.29 is 28.6 Å². The first-order chi connectivity index (χ1) is 13.3. The molecule has 9 heteroatoms. The summed E-state index contributed by atoms with van der Waals surface area (Å²) in [5.41, 5.74) is 4.75. The zero-order valence-electron chi connectivity index (χ0n) is 15.6. The largest absolute Gasteiger partial charge is 0.462 e. The first-order valence-electron chi connectivity index (χ1n) is 8.64. The van der Waals surface area contributed by atoms with Gasteiger partial charge in [0.05, 0.1) is 13.2 Å². The number of nitrogens with one attached hydrogen (secondary N) is 1. The molecule has 0 bridgehead atoms. The number of carbonyl (C=O) groups is 3. The highest BCUT2D eigenvalue weighted by Crippen LogP contribution is 2.53. The number of hydrogen-bond donors (Lipinski definition) is 2. The van der Waals surface area contributed by atoms with Gasteiger partial charge in [-0.2, -0.15) is 0 Å². The lowest BCUT2D eigenvalue weighted by Gasteiger charge is -2.36. The van der Waals surface area contributed by atoms with Gasteiger partial charge in [-0.25, -0.2) is 14.4 Å². The minimum atomic E-state index is -1.89. The number of benzene rings is 1. The SMILES string of the molecule is CCOC(=O)C1=C(N)Nc2ccc(Br)cc2[C@]12C(=O)OC(C)=C2C(=O)OCC. The number of hydrogen-bond acceptors (Lipinski definition) is 8. The fourth-order valence-electron chi connectivity index (χ4n) is 3.55. The van der Waals surface area contributed by atoms with E-state index in [0.717, 1.165) is 0 Å². The van der Waals surface area contributed by atoms with Crippen LogP contribution < -0.4 is 11.1 Å². The van der Waals surface area contributed by atoms with Gasteiger partial charge >= 0.3 is 17.9 Å². The van der Waals surface area contributed by atoms with Crippen molar-refractivity contribution in [1.82, 2.24) is 0 Å². The normalized spacial score (nSPS) is 20.6. The zero-order valence-corrected chi connectivity index (χ0v) is 17.1. The summed E-state index contributed by atoms with van der Waals surface area (Å²) < 4.78 is 16.3. The molecule has 0 fully saturated rings. The molecule has 148 valence electrons. The Kier molecular flexibility index (Phi) is 5.20. The molecule has 1 aromatic carbocycles. The lowest BCUT2D eigenvalue weighted by Crippen LogP contribution is -2.47. The van der Waals surface area contributed by atoms with Crippen LogP contribution in [0.5, 0.6) is 0 Å². The van der Waals surface area contributed by atoms with Gasteiger partial charge in [-0.1, -0.05) is 15.9 Å². The molecule has 3 rings (SSSR count). The van der Waals surface area contributed by atoms with Gasteiger partial charge in [-0.15, -0.1) is 0 Å². The topological polar surface area (TPSA) is 117 Å². The number of allylic oxidation sites excluding steroid dienone is 1. The van der Waals surface area contributed by atoms with Crippen molar-refractivity contribution in [3.8, 4) is 0 Å². The summed E-state index contributed by atoms with van der Waals surface area (Å²) >= 11 is 3.37. The fraction of sp³-hybridized carbons (Fsp3) is 0.316. The van der Waals surface area contributed by atoms with E-state index in [0.29, 0.717) is 15.7 Å². The molecule has 2 heterocycles. The molecule has 0 radical (unpaired) electrons. The fourth-order valence-corrected chi connectivity index (χ4v) is 3.91. The third kappa shape index (κ3) is 2.77. The van der Waals surface area contributed by atoms with E-state index in [1.54, 1.807) is 32.0 Å². The van der Waals surface area contributed by atoms with Gasteiger partial charge in [0.2, 0.25) is 0 Å². The quantitative estimate of drug-likeness (QED) is 0.529. The summed E-state index contributed by atoms with van der Waals surface area (Å²) in [6, 6.07) is 5.05. The van der Waals surface area contributed by atoms with Gasteiger partial charge in [0.15, 0.2) is 5.41 Å². The molecule has 0 unspecified atom stereocenters. The Labute approximate surface area is 169 Å². The lowest BCUT2D eigenvalue weighted by molar-refractivity contribution is -0.147. The Morgan fingerprint density at radius 2 is 1.79 bits per heavy atom. The van der Waals surface area contributed by atoms with Crippen LogP contribution in [0, 0.1) is 0 Å². The van der Waals surface area contributed by atoms with Crippen LogP contribution in [0.15, 0.2) is 45.4 Å². The molecule has 28 heavy (non-hydrogen) atoms. The van der Waals surface area contributed by atoms with Crippen LogP contribution in [0.1, 0.15) is 26.3 Å². The van der Waals surface area contributed by atoms with E-state index in [2.05, 4.69) is 21.2 Å². The highest BCUT2D eigenvalue weighted by molar-refractivity contribution is 9.10. The molecular formula is C19H19BrN2O6. The van der Waals surface area contributed by atoms with Crippen molar-refractivity contribution in [1.29, 1.82) is 0 Å². The predicted molar refractivity (Wildman–Crippen MR) is 103 cm³/mol. The van der Waals surface area contributed by atoms with Crippen molar-refractivity contribution in [3.63, 3.8) is 0 Å². The molecule has 3 N–H and O–H groups in total. The smallest absolute Gasteiger partial charge is 0.339 e. The van der Waals surface area contributed by atoms with E-state index in [9.17, 15) is 14.4 Å². The number of anilines is 1. The number of rotatable bonds is 4. The van der Waals surface area contributed by atoms with Gasteiger partial charge in [0.1, 0.15) is 22.7 Å². The third-order valence-corrected chi connectivity index (χ3v) is 5.03. The van der Waals surface area contributed by atoms with E-state index in [4.69, 9.17) is 19.9 Å². The summed E-state index contributed by atoms with van der Waals surface area (Å²) in [4.78, 5) is 38.9. The molecule has 0 aromatic heterocycles. The second kappa shape index (κ2) is 7.31. The average molecular weight is 451 g/mol. The Morgan fingerprint density at radius 1 is 1.18 bits per heavy atom. The number of nitrogens with two attached hydrogens (primary N) is 1. The Balaban J connectivity index is 2.40. The molecule has 0 saturated carbocycles. The number of cyclic esters (lactones) is 1. The van der Waals surface area contributed by atoms with Gasteiger partial charge in [0.25, 0.3) is 0 Å². The standard InChI is InChI=1S/C19H19BrN2O6/c1-4-26-16(23)13-9(3)28-18(25)19(13)11-8-10(20)6-7-12(11)22-15(21)14(19)17(24)27-5-2/h6-8,22H,4-5,21H2,1-3H3/t19-/m1/s1. The van der Waals surface area contributed by atoms with Crippen LogP contribution in [0.2, 0.25) is 0 Å². The highest BCUT2D eigenvalue weighted by Gasteiger charge is 2.62. The first-order valence-corrected chi connectivity index (χ1v) is 9.43. The van der Waals surface area contributed by atoms with Crippen molar-refractivity contribution in [2.45, 2.75) is 26.2 Å². The van der Waals surface area contributed by atoms with E-state index >= 15 is 0 Å². The van der Waals surface area contributed by atoms with Crippen molar-refractivity contribution in [3.05, 3.63) is 51.0 Å². The van der Waals surface area contributed by atoms with Crippen LogP contribution in [0.4, 0.5) is 5.69 Å². The van der Waals surface area contributed by atoms with Crippen LogP contribution in [-0.2, 0) is 34.0 Å². The highest BCUT2D eigenvalue weighted by atomic mass is 79.9. The number of carbonyl (C=O) groups excluding carboxylic acids is 3. The van der Waals surface area contributed by atoms with Crippen LogP contribution >= 0.6 is 15.9 Å². The maximum absolute atomic E-state index is 13.2. The van der Waals surface area contributed by atoms with Crippen molar-refractivity contribution in [2.75, 3.05) is 18.5 Å². The first kappa shape index (κ1) is 19.9. The average Bonchev–Trinajstić information content (AvgIpc) is 2.87. The van der Waals surface area contributed by atoms with Gasteiger partial charge < -0.3 is 25.3 Å². The minimum absolute atomic E-state index is 0.0471. The molecule has 0 amide bonds. The third-order valence-electron chi connectivity index (χ3n) is 4.54. The molecular weight excluding hydrogens is 432 g/mol. The summed E-state index contributed by atoms with van der Waals surface area (Å²) in [5, 5.41) is 2.91. The number of fused-ring (bicyclic) bond motifs is 2. The van der Waals surface area contributed by atoms with E-state index in [1.807, 2.05) is 0 Å². The molecule has 1 spiro atoms. The second-order valence-corrected chi connectivity index (χ2v) is 7.03. The Bertz CT molecular complexity index is 952. The summed E-state index contributed by atoms with van der Waals surface area (Å²) in [6.45, 7) is 4.88. The van der Waals surface area contributed by atoms with Crippen LogP contribution in [0.25, 0.3) is 0 Å². The maximum atomic E-state index is 13.2. The molecule has 2 aliphatic heterocycles. The lowest BCUT2D eigenvalue weighted by atomic mass is 9.67. The number of ether oxygens (including phenoxy) is 3. The Morgan fingerprint density at radius 3 is 2.39 bits per heavy atom. The molecule has 1 atom stereocenters. The molecule has 2 aliphatic rings. The van der Waals surface area contributed by atoms with E-state index in [-0.39, 0.29) is 35.9 Å². The van der Waals surface area contributed by atoms with Crippen LogP contribution in [0.3, 0.4) is 0 Å². The van der Waals surface area contributed by atoms with Crippen LogP contribution in [-0.4, -0.2) is 31.1 Å². The summed E-state index contributed by atoms with van der Waals surface area (Å²) in [6.07, 6.45) is 0. The molecule has 0 saturated heterocycles. The van der Waals surface area contributed by atoms with Gasteiger partial charge in [0, 0.05) is 15.7 Å². The van der Waals surface area contributed by atoms with Crippen molar-refractivity contribution in [2.24, 2.45) is 5.73 Å². The van der Waals surface area contributed by atoms with E-state index in [1.165, 1.54) is 6.92 Å². The maximum Gasteiger partial charge on any atom is 0.339 e. The van der Waals surface area contributed by atoms with Crippen molar-refractivity contribution >= 4 is 39.5 Å².